The van der Waals surface area contributed by atoms with Crippen LogP contribution in [0.5, 0.6) is 0 Å². The van der Waals surface area contributed by atoms with Gasteiger partial charge in [-0.05, 0) is 0 Å². The van der Waals surface area contributed by atoms with Crippen LogP contribution in [-0.2, 0) is 44.6 Å². The monoisotopic (exact) mass is 626 g/mol. The Morgan fingerprint density at radius 1 is 0.452 bits per heavy atom. The zero-order valence-electron chi connectivity index (χ0n) is 16.0. The van der Waals surface area contributed by atoms with Crippen molar-refractivity contribution < 1.29 is 241 Å². The third-order valence-corrected chi connectivity index (χ3v) is 7.37. The van der Waals surface area contributed by atoms with Gasteiger partial charge in [-0.2, -0.15) is 8.62 Å². The van der Waals surface area contributed by atoms with Crippen LogP contribution in [0.25, 0.3) is 0 Å². The molecule has 0 unspecified atom stereocenters. The van der Waals surface area contributed by atoms with E-state index in [4.69, 9.17) is 24.5 Å². The van der Waals surface area contributed by atoms with E-state index in [1.807, 2.05) is 0 Å². The third kappa shape index (κ3) is 46.1. The van der Waals surface area contributed by atoms with Crippen molar-refractivity contribution in [2.24, 2.45) is 0 Å². The molecule has 0 amide bonds. The molecule has 0 aromatic rings. The van der Waals surface area contributed by atoms with Crippen molar-refractivity contribution in [3.8, 4) is 0 Å². The number of hydrogen-bond donors (Lipinski definition) is 5. The van der Waals surface area contributed by atoms with Crippen molar-refractivity contribution in [3.05, 3.63) is 0 Å². The molecule has 0 heterocycles. The molecule has 0 saturated heterocycles. The van der Waals surface area contributed by atoms with E-state index < -0.39 is 46.9 Å². The Morgan fingerprint density at radius 2 is 0.645 bits per heavy atom. The molecule has 0 aromatic heterocycles. The molecule has 0 bridgehead atoms. The molecule has 0 rings (SSSR count). The number of hydrogen-bond acceptors (Lipinski definition) is 15. The molecule has 0 saturated carbocycles. The van der Waals surface area contributed by atoms with Crippen LogP contribution in [0, 0.1) is 0 Å². The van der Waals surface area contributed by atoms with Gasteiger partial charge in [0.15, 0.2) is 0 Å². The maximum absolute atomic E-state index is 10.4. The van der Waals surface area contributed by atoms with Gasteiger partial charge in [0.2, 0.25) is 0 Å². The van der Waals surface area contributed by atoms with Gasteiger partial charge in [-0.3, -0.25) is 13.2 Å². The first-order valence-electron chi connectivity index (χ1n) is 4.47. The van der Waals surface area contributed by atoms with E-state index in [0.29, 0.717) is 0 Å². The van der Waals surface area contributed by atoms with Crippen LogP contribution in [-0.4, -0.2) is 24.5 Å². The first-order valence-corrected chi connectivity index (χ1v) is 13.4. The van der Waals surface area contributed by atoms with Crippen molar-refractivity contribution in [1.29, 1.82) is 0 Å². The fourth-order valence-corrected chi connectivity index (χ4v) is 5.43. The van der Waals surface area contributed by atoms with Crippen LogP contribution < -0.4 is 172 Å². The second-order valence-corrected chi connectivity index (χ2v) is 11.3. The van der Waals surface area contributed by atoms with Gasteiger partial charge in [0.1, 0.15) is 0 Å². The summed E-state index contributed by atoms with van der Waals surface area (Å²) in [5.74, 6) is 0. The second-order valence-electron chi connectivity index (χ2n) is 3.12. The molecule has 0 aliphatic rings. The van der Waals surface area contributed by atoms with Gasteiger partial charge in [-0.1, -0.05) is 0 Å². The van der Waals surface area contributed by atoms with E-state index in [1.165, 1.54) is 0 Å². The van der Waals surface area contributed by atoms with Gasteiger partial charge in [-0.25, -0.2) is 13.7 Å². The van der Waals surface area contributed by atoms with Crippen LogP contribution in [0.4, 0.5) is 0 Å². The van der Waals surface area contributed by atoms with Crippen molar-refractivity contribution in [1.82, 2.24) is 0 Å². The Balaban J connectivity index is -0.0000000640. The van der Waals surface area contributed by atoms with Crippen molar-refractivity contribution in [2.75, 3.05) is 0 Å². The molecule has 0 spiro atoms. The van der Waals surface area contributed by atoms with Gasteiger partial charge in [0, 0.05) is 0 Å². The number of phosphoric acid groups is 6. The van der Waals surface area contributed by atoms with Gasteiger partial charge < -0.3 is 58.1 Å². The summed E-state index contributed by atoms with van der Waals surface area (Å²) < 4.78 is 71.1. The summed E-state index contributed by atoms with van der Waals surface area (Å²) in [6.07, 6.45) is 0. The molecular formula is H5Na5O20P6. The Bertz CT molecular complexity index is 628. The van der Waals surface area contributed by atoms with Gasteiger partial charge in [0.05, 0.1) is 15.6 Å². The van der Waals surface area contributed by atoms with E-state index >= 15 is 0 Å². The van der Waals surface area contributed by atoms with Crippen LogP contribution in [0.1, 0.15) is 0 Å². The standard InChI is InChI=1S/5Na.2H5O10P3/c;;;;;2*1-11(2,3)9-13(7,8)10-12(4,5)6/h;;;;;2*(H,7,8)(H2,1,2,3)(H2,4,5,6)/q5*+1;;/p-5. The summed E-state index contributed by atoms with van der Waals surface area (Å²) in [6, 6.07) is 0. The summed E-state index contributed by atoms with van der Waals surface area (Å²) >= 11 is 0. The maximum Gasteiger partial charge on any atom is 1.00 e. The maximum atomic E-state index is 10.4. The van der Waals surface area contributed by atoms with Crippen molar-refractivity contribution in [3.63, 3.8) is 0 Å². The predicted molar refractivity (Wildman–Crippen MR) is 61.1 cm³/mol. The summed E-state index contributed by atoms with van der Waals surface area (Å²) in [6.45, 7) is 0. The summed E-state index contributed by atoms with van der Waals surface area (Å²) in [4.78, 5) is 88.9. The quantitative estimate of drug-likeness (QED) is 0.123. The minimum Gasteiger partial charge on any atom is -0.790 e. The smallest absolute Gasteiger partial charge is 0.790 e. The topological polar surface area (TPSA) is 356 Å². The molecule has 0 fully saturated rings. The predicted octanol–water partition coefficient (Wildman–Crippen LogP) is -19.5. The molecule has 0 radical (unpaired) electrons. The fraction of sp³-hybridized carbons (Fsp3) is 0. The van der Waals surface area contributed by atoms with E-state index in [2.05, 4.69) is 17.2 Å². The summed E-state index contributed by atoms with van der Waals surface area (Å²) in [5, 5.41) is 0. The Hall–Kier alpha value is 5.82. The molecule has 31 heteroatoms. The second kappa shape index (κ2) is 20.7. The van der Waals surface area contributed by atoms with Crippen LogP contribution in [0.2, 0.25) is 0 Å². The van der Waals surface area contributed by atoms with Gasteiger partial charge in [-0.15, -0.1) is 0 Å². The molecule has 5 N–H and O–H groups in total. The van der Waals surface area contributed by atoms with Crippen LogP contribution in [0.15, 0.2) is 0 Å². The Kier molecular flexibility index (Phi) is 35.5. The van der Waals surface area contributed by atoms with Gasteiger partial charge in [0.25, 0.3) is 7.82 Å². The average Bonchev–Trinajstić information content (AvgIpc) is 1.97. The fourth-order valence-electron chi connectivity index (χ4n) is 0.544. The average molecular weight is 626 g/mol. The van der Waals surface area contributed by atoms with E-state index in [0.717, 1.165) is 0 Å². The molecule has 31 heavy (non-hydrogen) atoms. The van der Waals surface area contributed by atoms with Crippen molar-refractivity contribution in [2.45, 2.75) is 0 Å². The molecular weight excluding hydrogens is 621 g/mol. The first-order chi connectivity index (χ1) is 10.8. The zero-order valence-corrected chi connectivity index (χ0v) is 31.4. The molecule has 20 nitrogen and oxygen atoms in total. The SMILES string of the molecule is O=P(O)(O)OP(=O)(O)OP(=O)(O)O.O=P([O-])([O-])OP(=O)([O-])OP(=O)([O-])[O-].[Na+].[Na+].[Na+].[Na+].[Na+]. The van der Waals surface area contributed by atoms with E-state index in [-0.39, 0.29) is 148 Å². The summed E-state index contributed by atoms with van der Waals surface area (Å²) in [5.41, 5.74) is 0. The normalized spacial score (nSPS) is 12.2. The minimum atomic E-state index is -5.97. The largest absolute Gasteiger partial charge is 1.00 e. The van der Waals surface area contributed by atoms with Crippen molar-refractivity contribution >= 4 is 46.9 Å². The molecule has 0 atom stereocenters. The van der Waals surface area contributed by atoms with Gasteiger partial charge >= 0.3 is 171 Å². The zero-order chi connectivity index (χ0) is 21.8. The Morgan fingerprint density at radius 3 is 0.774 bits per heavy atom. The first kappa shape index (κ1) is 53.1. The third-order valence-electron chi connectivity index (χ3n) is 0.819. The van der Waals surface area contributed by atoms with Crippen LogP contribution in [0.3, 0.4) is 0 Å². The molecule has 0 aromatic carbocycles. The molecule has 0 aliphatic heterocycles. The number of rotatable bonds is 8. The van der Waals surface area contributed by atoms with E-state index in [9.17, 15) is 51.9 Å². The molecule has 0 aliphatic carbocycles. The van der Waals surface area contributed by atoms with Crippen LogP contribution >= 0.6 is 46.9 Å². The van der Waals surface area contributed by atoms with E-state index in [1.54, 1.807) is 0 Å². The Labute approximate surface area is 283 Å². The molecule has 160 valence electrons. The minimum absolute atomic E-state index is 0. The summed E-state index contributed by atoms with van der Waals surface area (Å²) in [7, 11) is -34.1.